The van der Waals surface area contributed by atoms with E-state index >= 15 is 0 Å². The highest BCUT2D eigenvalue weighted by Gasteiger charge is 2.13. The number of carbonyl (C=O) groups excluding carboxylic acids is 1. The Bertz CT molecular complexity index is 997. The summed E-state index contributed by atoms with van der Waals surface area (Å²) in [6.07, 6.45) is 1.62. The summed E-state index contributed by atoms with van der Waals surface area (Å²) in [5.41, 5.74) is 1.54. The lowest BCUT2D eigenvalue weighted by atomic mass is 10.2. The highest BCUT2D eigenvalue weighted by molar-refractivity contribution is 5.92. The second kappa shape index (κ2) is 8.34. The monoisotopic (exact) mass is 380 g/mol. The van der Waals surface area contributed by atoms with Crippen molar-refractivity contribution in [2.45, 2.75) is 26.5 Å². The fraction of sp³-hybridized carbons (Fsp3) is 0.200. The van der Waals surface area contributed by atoms with Crippen LogP contribution in [-0.2, 0) is 6.54 Å². The van der Waals surface area contributed by atoms with Gasteiger partial charge in [-0.25, -0.2) is 4.68 Å². The van der Waals surface area contributed by atoms with Crippen LogP contribution in [0.15, 0.2) is 60.8 Å². The summed E-state index contributed by atoms with van der Waals surface area (Å²) < 4.78 is 7.18. The van der Waals surface area contributed by atoms with Crippen molar-refractivity contribution in [3.05, 3.63) is 82.2 Å². The maximum Gasteiger partial charge on any atom is 0.272 e. The molecule has 1 N–H and O–H groups in total. The van der Waals surface area contributed by atoms with Crippen LogP contribution >= 0.6 is 0 Å². The second-order valence-electron chi connectivity index (χ2n) is 6.38. The third kappa shape index (κ3) is 4.53. The molecule has 0 spiro atoms. The van der Waals surface area contributed by atoms with E-state index in [2.05, 4.69) is 10.4 Å². The molecule has 0 saturated heterocycles. The van der Waals surface area contributed by atoms with Gasteiger partial charge in [0, 0.05) is 30.4 Å². The maximum absolute atomic E-state index is 12.4. The Morgan fingerprint density at radius 1 is 1.21 bits per heavy atom. The zero-order chi connectivity index (χ0) is 20.1. The van der Waals surface area contributed by atoms with Crippen molar-refractivity contribution < 1.29 is 14.5 Å². The van der Waals surface area contributed by atoms with Crippen LogP contribution in [0.2, 0.25) is 0 Å². The number of para-hydroxylation sites is 1. The van der Waals surface area contributed by atoms with Crippen LogP contribution in [0.1, 0.15) is 29.9 Å². The molecule has 1 aromatic heterocycles. The van der Waals surface area contributed by atoms with Crippen molar-refractivity contribution in [1.82, 2.24) is 15.1 Å². The summed E-state index contributed by atoms with van der Waals surface area (Å²) in [5, 5.41) is 17.9. The molecule has 1 heterocycles. The van der Waals surface area contributed by atoms with Crippen LogP contribution in [0.25, 0.3) is 5.69 Å². The number of amides is 1. The summed E-state index contributed by atoms with van der Waals surface area (Å²) in [4.78, 5) is 22.9. The molecule has 1 amide bonds. The average molecular weight is 380 g/mol. The fourth-order valence-corrected chi connectivity index (χ4v) is 2.62. The van der Waals surface area contributed by atoms with E-state index in [0.29, 0.717) is 12.2 Å². The highest BCUT2D eigenvalue weighted by Crippen LogP contribution is 2.19. The number of nitrogens with zero attached hydrogens (tertiary/aromatic N) is 3. The van der Waals surface area contributed by atoms with E-state index in [1.807, 2.05) is 38.1 Å². The average Bonchev–Trinajstić information content (AvgIpc) is 3.17. The van der Waals surface area contributed by atoms with Gasteiger partial charge in [0.25, 0.3) is 11.6 Å². The first-order chi connectivity index (χ1) is 13.4. The molecule has 0 aliphatic rings. The molecule has 28 heavy (non-hydrogen) atoms. The second-order valence-corrected chi connectivity index (χ2v) is 6.38. The molecule has 3 aromatic rings. The zero-order valence-corrected chi connectivity index (χ0v) is 15.5. The van der Waals surface area contributed by atoms with Gasteiger partial charge in [0.2, 0.25) is 0 Å². The minimum atomic E-state index is -0.475. The van der Waals surface area contributed by atoms with Gasteiger partial charge in [-0.1, -0.05) is 24.3 Å². The molecule has 0 bridgehead atoms. The lowest BCUT2D eigenvalue weighted by Crippen LogP contribution is -2.24. The number of non-ortho nitro benzene ring substituents is 1. The molecular weight excluding hydrogens is 360 g/mol. The van der Waals surface area contributed by atoms with Crippen LogP contribution < -0.4 is 10.1 Å². The van der Waals surface area contributed by atoms with Crippen molar-refractivity contribution in [3.63, 3.8) is 0 Å². The van der Waals surface area contributed by atoms with Gasteiger partial charge in [-0.2, -0.15) is 5.10 Å². The molecular formula is C20H20N4O4. The van der Waals surface area contributed by atoms with Crippen molar-refractivity contribution in [1.29, 1.82) is 0 Å². The number of rotatable bonds is 7. The predicted molar refractivity (Wildman–Crippen MR) is 104 cm³/mol. The normalized spacial score (nSPS) is 10.7. The molecule has 0 aliphatic heterocycles. The molecule has 0 radical (unpaired) electrons. The number of ether oxygens (including phenoxy) is 1. The third-order valence-corrected chi connectivity index (χ3v) is 3.90. The van der Waals surface area contributed by atoms with Gasteiger partial charge < -0.3 is 10.1 Å². The number of hydrogen-bond acceptors (Lipinski definition) is 5. The molecule has 0 fully saturated rings. The standard InChI is InChI=1S/C20H20N4O4/c1-14(2)28-19-9-4-3-6-15(19)13-21-20(25)18-10-11-23(22-18)16-7-5-8-17(12-16)24(26)27/h3-12,14H,13H2,1-2H3,(H,21,25). The van der Waals surface area contributed by atoms with Gasteiger partial charge >= 0.3 is 0 Å². The Hall–Kier alpha value is -3.68. The van der Waals surface area contributed by atoms with Gasteiger partial charge in [0.15, 0.2) is 5.69 Å². The van der Waals surface area contributed by atoms with Crippen molar-refractivity contribution >= 4 is 11.6 Å². The van der Waals surface area contributed by atoms with E-state index < -0.39 is 4.92 Å². The molecule has 8 nitrogen and oxygen atoms in total. The number of carbonyl (C=O) groups is 1. The minimum absolute atomic E-state index is 0.0301. The predicted octanol–water partition coefficient (Wildman–Crippen LogP) is 3.50. The van der Waals surface area contributed by atoms with Crippen LogP contribution in [0.4, 0.5) is 5.69 Å². The van der Waals surface area contributed by atoms with Gasteiger partial charge in [-0.3, -0.25) is 14.9 Å². The number of nitrogens with one attached hydrogen (secondary N) is 1. The van der Waals surface area contributed by atoms with Gasteiger partial charge in [-0.05, 0) is 32.0 Å². The molecule has 0 unspecified atom stereocenters. The number of hydrogen-bond donors (Lipinski definition) is 1. The number of benzene rings is 2. The molecule has 144 valence electrons. The van der Waals surface area contributed by atoms with E-state index in [1.165, 1.54) is 16.8 Å². The first-order valence-electron chi connectivity index (χ1n) is 8.77. The van der Waals surface area contributed by atoms with E-state index in [-0.39, 0.29) is 23.4 Å². The Balaban J connectivity index is 1.70. The lowest BCUT2D eigenvalue weighted by molar-refractivity contribution is -0.384. The fourth-order valence-electron chi connectivity index (χ4n) is 2.62. The van der Waals surface area contributed by atoms with Crippen molar-refractivity contribution in [2.75, 3.05) is 0 Å². The molecule has 0 aliphatic carbocycles. The van der Waals surface area contributed by atoms with E-state index in [4.69, 9.17) is 4.74 Å². The summed E-state index contributed by atoms with van der Waals surface area (Å²) >= 11 is 0. The van der Waals surface area contributed by atoms with Crippen molar-refractivity contribution in [3.8, 4) is 11.4 Å². The van der Waals surface area contributed by atoms with E-state index in [1.54, 1.807) is 24.4 Å². The topological polar surface area (TPSA) is 99.3 Å². The Labute approximate surface area is 161 Å². The number of nitro groups is 1. The summed E-state index contributed by atoms with van der Waals surface area (Å²) in [5.74, 6) is 0.378. The van der Waals surface area contributed by atoms with Gasteiger partial charge in [0.1, 0.15) is 5.75 Å². The number of aromatic nitrogens is 2. The number of nitro benzene ring substituents is 1. The molecule has 2 aromatic carbocycles. The smallest absolute Gasteiger partial charge is 0.272 e. The summed E-state index contributed by atoms with van der Waals surface area (Å²) in [7, 11) is 0. The maximum atomic E-state index is 12.4. The highest BCUT2D eigenvalue weighted by atomic mass is 16.6. The zero-order valence-electron chi connectivity index (χ0n) is 15.5. The quantitative estimate of drug-likeness (QED) is 0.500. The molecule has 0 saturated carbocycles. The van der Waals surface area contributed by atoms with Crippen LogP contribution in [0.5, 0.6) is 5.75 Å². The largest absolute Gasteiger partial charge is 0.491 e. The summed E-state index contributed by atoms with van der Waals surface area (Å²) in [6.45, 7) is 4.18. The first kappa shape index (κ1) is 19.1. The summed E-state index contributed by atoms with van der Waals surface area (Å²) in [6, 6.07) is 15.1. The third-order valence-electron chi connectivity index (χ3n) is 3.90. The first-order valence-corrected chi connectivity index (χ1v) is 8.77. The Kier molecular flexibility index (Phi) is 5.69. The van der Waals surface area contributed by atoms with Crippen molar-refractivity contribution in [2.24, 2.45) is 0 Å². The minimum Gasteiger partial charge on any atom is -0.491 e. The Morgan fingerprint density at radius 2 is 2.00 bits per heavy atom. The molecule has 0 atom stereocenters. The van der Waals surface area contributed by atoms with E-state index in [0.717, 1.165) is 11.3 Å². The van der Waals surface area contributed by atoms with Gasteiger partial charge in [-0.15, -0.1) is 0 Å². The van der Waals surface area contributed by atoms with Crippen LogP contribution in [0, 0.1) is 10.1 Å². The van der Waals surface area contributed by atoms with Gasteiger partial charge in [0.05, 0.1) is 16.7 Å². The lowest BCUT2D eigenvalue weighted by Gasteiger charge is -2.14. The van der Waals surface area contributed by atoms with Crippen LogP contribution in [0.3, 0.4) is 0 Å². The van der Waals surface area contributed by atoms with E-state index in [9.17, 15) is 14.9 Å². The molecule has 3 rings (SSSR count). The van der Waals surface area contributed by atoms with Crippen LogP contribution in [-0.4, -0.2) is 26.7 Å². The molecule has 8 heteroatoms. The Morgan fingerprint density at radius 3 is 2.75 bits per heavy atom. The SMILES string of the molecule is CC(C)Oc1ccccc1CNC(=O)c1ccn(-c2cccc([N+](=O)[O-])c2)n1.